The van der Waals surface area contributed by atoms with E-state index in [1.165, 1.54) is 4.40 Å². The summed E-state index contributed by atoms with van der Waals surface area (Å²) in [6, 6.07) is 15.6. The minimum Gasteiger partial charge on any atom is -0.496 e. The summed E-state index contributed by atoms with van der Waals surface area (Å²) in [4.78, 5) is 27.7. The molecule has 8 nitrogen and oxygen atoms in total. The molecule has 2 aromatic heterocycles. The minimum atomic E-state index is -0.285. The van der Waals surface area contributed by atoms with Gasteiger partial charge in [0.25, 0.3) is 0 Å². The first-order chi connectivity index (χ1) is 15.2. The second-order valence-corrected chi connectivity index (χ2v) is 7.56. The van der Waals surface area contributed by atoms with Crippen LogP contribution in [0.2, 0.25) is 0 Å². The van der Waals surface area contributed by atoms with Crippen molar-refractivity contribution in [1.29, 1.82) is 0 Å². The first-order valence-electron chi connectivity index (χ1n) is 10.3. The third-order valence-electron chi connectivity index (χ3n) is 5.62. The van der Waals surface area contributed by atoms with Crippen molar-refractivity contribution in [2.75, 3.05) is 38.2 Å². The number of ether oxygens (including phenoxy) is 1. The number of hydrogen-bond donors (Lipinski definition) is 2. The summed E-state index contributed by atoms with van der Waals surface area (Å²) >= 11 is 0. The summed E-state index contributed by atoms with van der Waals surface area (Å²) < 4.78 is 7.18. The zero-order chi connectivity index (χ0) is 21.4. The monoisotopic (exact) mass is 416 g/mol. The fourth-order valence-electron chi connectivity index (χ4n) is 4.04. The van der Waals surface area contributed by atoms with Crippen molar-refractivity contribution in [1.82, 2.24) is 24.7 Å². The van der Waals surface area contributed by atoms with E-state index in [2.05, 4.69) is 20.2 Å². The molecule has 1 aliphatic heterocycles. The number of rotatable bonds is 4. The lowest BCUT2D eigenvalue weighted by Gasteiger charge is -2.29. The van der Waals surface area contributed by atoms with E-state index < -0.39 is 0 Å². The molecule has 1 aliphatic rings. The molecule has 0 aliphatic carbocycles. The molecule has 3 heterocycles. The number of H-pyrrole nitrogens is 1. The zero-order valence-electron chi connectivity index (χ0n) is 17.6. The maximum absolute atomic E-state index is 13.1. The second-order valence-electron chi connectivity index (χ2n) is 7.56. The van der Waals surface area contributed by atoms with Gasteiger partial charge in [-0.2, -0.15) is 0 Å². The number of fused-ring (bicyclic) bond motifs is 1. The zero-order valence-corrected chi connectivity index (χ0v) is 17.6. The first-order valence-corrected chi connectivity index (χ1v) is 10.3. The molecule has 1 saturated heterocycles. The molecule has 5 rings (SSSR count). The number of nitrogens with zero attached hydrogens (tertiary/aromatic N) is 4. The van der Waals surface area contributed by atoms with Gasteiger partial charge in [0.1, 0.15) is 17.4 Å². The molecule has 0 unspecified atom stereocenters. The van der Waals surface area contributed by atoms with Crippen LogP contribution in [0.1, 0.15) is 5.69 Å². The highest BCUT2D eigenvalue weighted by atomic mass is 16.5. The number of piperazine rings is 1. The molecule has 2 aromatic carbocycles. The standard InChI is InChI=1S/C23H24N6O2/c1-15-21-26-20(27-23(30)29(21)22(25-15)16-6-4-3-5-7-16)18-9-8-17(14-19(18)31-2)28-12-10-24-11-13-28/h3-9,14,24H,10-13H2,1-2H3,(H,26,27,30). The van der Waals surface area contributed by atoms with Crippen LogP contribution in [-0.2, 0) is 0 Å². The molecule has 1 fully saturated rings. The molecule has 158 valence electrons. The highest BCUT2D eigenvalue weighted by Crippen LogP contribution is 2.32. The van der Waals surface area contributed by atoms with Crippen LogP contribution in [0.4, 0.5) is 5.69 Å². The Hall–Kier alpha value is -3.65. The average Bonchev–Trinajstić information content (AvgIpc) is 3.16. The van der Waals surface area contributed by atoms with Gasteiger partial charge in [-0.3, -0.25) is 4.98 Å². The van der Waals surface area contributed by atoms with Crippen molar-refractivity contribution >= 4 is 11.3 Å². The van der Waals surface area contributed by atoms with Gasteiger partial charge in [-0.1, -0.05) is 30.3 Å². The van der Waals surface area contributed by atoms with Gasteiger partial charge in [0, 0.05) is 43.5 Å². The van der Waals surface area contributed by atoms with Gasteiger partial charge < -0.3 is 15.0 Å². The maximum Gasteiger partial charge on any atom is 0.334 e. The Bertz CT molecular complexity index is 1290. The molecule has 31 heavy (non-hydrogen) atoms. The predicted octanol–water partition coefficient (Wildman–Crippen LogP) is 2.48. The first kappa shape index (κ1) is 19.3. The summed E-state index contributed by atoms with van der Waals surface area (Å²) in [6.07, 6.45) is 0. The number of methoxy groups -OCH3 is 1. The van der Waals surface area contributed by atoms with Crippen LogP contribution in [-0.4, -0.2) is 52.6 Å². The number of anilines is 1. The van der Waals surface area contributed by atoms with Gasteiger partial charge in [-0.25, -0.2) is 19.2 Å². The minimum absolute atomic E-state index is 0.285. The van der Waals surface area contributed by atoms with E-state index in [1.807, 2.05) is 55.5 Å². The van der Waals surface area contributed by atoms with Crippen molar-refractivity contribution in [3.63, 3.8) is 0 Å². The van der Waals surface area contributed by atoms with Crippen molar-refractivity contribution in [3.05, 3.63) is 64.7 Å². The summed E-state index contributed by atoms with van der Waals surface area (Å²) in [6.45, 7) is 5.67. The molecule has 8 heteroatoms. The van der Waals surface area contributed by atoms with Gasteiger partial charge >= 0.3 is 5.69 Å². The SMILES string of the molecule is COc1cc(N2CCNCC2)ccc1-c1nc2c(C)nc(-c3ccccc3)n2c(=O)[nH]1. The number of aromatic nitrogens is 4. The van der Waals surface area contributed by atoms with Crippen LogP contribution in [0.3, 0.4) is 0 Å². The van der Waals surface area contributed by atoms with E-state index in [1.54, 1.807) is 7.11 Å². The summed E-state index contributed by atoms with van der Waals surface area (Å²) in [5.41, 5.74) is 3.64. The summed E-state index contributed by atoms with van der Waals surface area (Å²) in [5, 5.41) is 3.36. The van der Waals surface area contributed by atoms with E-state index in [9.17, 15) is 4.79 Å². The Kier molecular flexibility index (Phi) is 4.91. The lowest BCUT2D eigenvalue weighted by Crippen LogP contribution is -2.43. The molecule has 0 saturated carbocycles. The number of nitrogens with one attached hydrogen (secondary N) is 2. The topological polar surface area (TPSA) is 87.5 Å². The maximum atomic E-state index is 13.1. The van der Waals surface area contributed by atoms with Crippen LogP contribution in [0.15, 0.2) is 53.3 Å². The highest BCUT2D eigenvalue weighted by molar-refractivity contribution is 5.71. The molecule has 0 amide bonds. The van der Waals surface area contributed by atoms with Gasteiger partial charge in [0.05, 0.1) is 18.4 Å². The van der Waals surface area contributed by atoms with Crippen LogP contribution >= 0.6 is 0 Å². The quantitative estimate of drug-likeness (QED) is 0.532. The lowest BCUT2D eigenvalue weighted by molar-refractivity contribution is 0.416. The second kappa shape index (κ2) is 7.88. The Balaban J connectivity index is 1.61. The Morgan fingerprint density at radius 3 is 2.55 bits per heavy atom. The predicted molar refractivity (Wildman–Crippen MR) is 121 cm³/mol. The number of aromatic amines is 1. The normalized spacial score (nSPS) is 14.2. The van der Waals surface area contributed by atoms with E-state index >= 15 is 0 Å². The van der Waals surface area contributed by atoms with Crippen molar-refractivity contribution in [2.24, 2.45) is 0 Å². The third kappa shape index (κ3) is 3.44. The Labute approximate surface area is 179 Å². The number of benzene rings is 2. The van der Waals surface area contributed by atoms with E-state index in [4.69, 9.17) is 9.72 Å². The number of aryl methyl sites for hydroxylation is 1. The van der Waals surface area contributed by atoms with Crippen molar-refractivity contribution in [2.45, 2.75) is 6.92 Å². The Morgan fingerprint density at radius 2 is 1.81 bits per heavy atom. The van der Waals surface area contributed by atoms with Crippen molar-refractivity contribution < 1.29 is 4.74 Å². The van der Waals surface area contributed by atoms with Gasteiger partial charge in [-0.05, 0) is 19.1 Å². The van der Waals surface area contributed by atoms with Gasteiger partial charge in [0.2, 0.25) is 0 Å². The highest BCUT2D eigenvalue weighted by Gasteiger charge is 2.19. The Morgan fingerprint density at radius 1 is 1.03 bits per heavy atom. The van der Waals surface area contributed by atoms with Crippen LogP contribution < -0.4 is 20.6 Å². The van der Waals surface area contributed by atoms with Crippen LogP contribution in [0, 0.1) is 6.92 Å². The molecule has 2 N–H and O–H groups in total. The smallest absolute Gasteiger partial charge is 0.334 e. The van der Waals surface area contributed by atoms with E-state index in [-0.39, 0.29) is 5.69 Å². The summed E-state index contributed by atoms with van der Waals surface area (Å²) in [5.74, 6) is 1.71. The van der Waals surface area contributed by atoms with E-state index in [0.29, 0.717) is 28.7 Å². The van der Waals surface area contributed by atoms with Gasteiger partial charge in [-0.15, -0.1) is 0 Å². The summed E-state index contributed by atoms with van der Waals surface area (Å²) in [7, 11) is 1.63. The molecule has 0 spiro atoms. The number of hydrogen-bond acceptors (Lipinski definition) is 6. The van der Waals surface area contributed by atoms with E-state index in [0.717, 1.165) is 43.0 Å². The molecular formula is C23H24N6O2. The fourth-order valence-corrected chi connectivity index (χ4v) is 4.04. The molecular weight excluding hydrogens is 392 g/mol. The number of imidazole rings is 1. The molecule has 0 radical (unpaired) electrons. The lowest BCUT2D eigenvalue weighted by atomic mass is 10.1. The van der Waals surface area contributed by atoms with Gasteiger partial charge in [0.15, 0.2) is 5.65 Å². The molecule has 0 atom stereocenters. The van der Waals surface area contributed by atoms with Crippen LogP contribution in [0.25, 0.3) is 28.4 Å². The van der Waals surface area contributed by atoms with Crippen LogP contribution in [0.5, 0.6) is 5.75 Å². The average molecular weight is 416 g/mol. The molecule has 4 aromatic rings. The van der Waals surface area contributed by atoms with Crippen molar-refractivity contribution in [3.8, 4) is 28.5 Å². The molecule has 0 bridgehead atoms. The largest absolute Gasteiger partial charge is 0.496 e. The third-order valence-corrected chi connectivity index (χ3v) is 5.62. The fraction of sp³-hybridized carbons (Fsp3) is 0.261.